The van der Waals surface area contributed by atoms with Crippen LogP contribution >= 0.6 is 11.6 Å². The monoisotopic (exact) mass is 277 g/mol. The van der Waals surface area contributed by atoms with Crippen LogP contribution in [-0.4, -0.2) is 12.3 Å². The van der Waals surface area contributed by atoms with E-state index in [9.17, 15) is 13.2 Å². The first-order valence-corrected chi connectivity index (χ1v) is 5.38. The number of oxime groups is 1. The lowest BCUT2D eigenvalue weighted by atomic mass is 10.0. The Labute approximate surface area is 108 Å². The molecule has 0 amide bonds. The van der Waals surface area contributed by atoms with Crippen molar-refractivity contribution in [3.63, 3.8) is 0 Å². The molecule has 0 bridgehead atoms. The van der Waals surface area contributed by atoms with Gasteiger partial charge >= 0.3 is 6.18 Å². The van der Waals surface area contributed by atoms with Crippen LogP contribution in [-0.2, 0) is 11.0 Å². The van der Waals surface area contributed by atoms with Gasteiger partial charge in [0.1, 0.15) is 6.61 Å². The highest BCUT2D eigenvalue weighted by Crippen LogP contribution is 2.33. The van der Waals surface area contributed by atoms with E-state index in [4.69, 9.17) is 16.4 Å². The van der Waals surface area contributed by atoms with Gasteiger partial charge in [0, 0.05) is 10.6 Å². The Balaban J connectivity index is 3.17. The van der Waals surface area contributed by atoms with Crippen LogP contribution in [0.4, 0.5) is 13.2 Å². The Kier molecular flexibility index (Phi) is 4.78. The number of benzene rings is 1. The fraction of sp³-hybridized carbons (Fsp3) is 0.250. The van der Waals surface area contributed by atoms with Gasteiger partial charge in [-0.15, -0.1) is 0 Å². The highest BCUT2D eigenvalue weighted by molar-refractivity contribution is 6.31. The third-order valence-electron chi connectivity index (χ3n) is 2.07. The maximum Gasteiger partial charge on any atom is 0.417 e. The molecule has 18 heavy (non-hydrogen) atoms. The zero-order valence-corrected chi connectivity index (χ0v) is 10.3. The van der Waals surface area contributed by atoms with Crippen molar-refractivity contribution in [2.45, 2.75) is 13.1 Å². The summed E-state index contributed by atoms with van der Waals surface area (Å²) >= 11 is 5.69. The van der Waals surface area contributed by atoms with Crippen LogP contribution in [0.25, 0.3) is 0 Å². The lowest BCUT2D eigenvalue weighted by Crippen LogP contribution is -2.12. The van der Waals surface area contributed by atoms with Crippen molar-refractivity contribution >= 4 is 17.3 Å². The maximum absolute atomic E-state index is 12.8. The minimum absolute atomic E-state index is 0.0981. The highest BCUT2D eigenvalue weighted by Gasteiger charge is 2.34. The maximum atomic E-state index is 12.8. The molecule has 0 heterocycles. The topological polar surface area (TPSA) is 21.6 Å². The fourth-order valence-electron chi connectivity index (χ4n) is 1.30. The SMILES string of the molecule is C=CCON=C(C)c1cc(Cl)ccc1C(F)(F)F. The third-order valence-corrected chi connectivity index (χ3v) is 2.31. The van der Waals surface area contributed by atoms with Crippen LogP contribution in [0.15, 0.2) is 36.0 Å². The summed E-state index contributed by atoms with van der Waals surface area (Å²) in [6.07, 6.45) is -3.02. The van der Waals surface area contributed by atoms with Gasteiger partial charge in [-0.3, -0.25) is 0 Å². The van der Waals surface area contributed by atoms with Crippen molar-refractivity contribution in [3.8, 4) is 0 Å². The van der Waals surface area contributed by atoms with Gasteiger partial charge in [0.2, 0.25) is 0 Å². The van der Waals surface area contributed by atoms with Crippen LogP contribution in [0, 0.1) is 0 Å². The smallest absolute Gasteiger partial charge is 0.391 e. The second-order valence-corrected chi connectivity index (χ2v) is 3.89. The van der Waals surface area contributed by atoms with Gasteiger partial charge < -0.3 is 4.84 Å². The molecule has 0 atom stereocenters. The summed E-state index contributed by atoms with van der Waals surface area (Å²) < 4.78 is 38.3. The summed E-state index contributed by atoms with van der Waals surface area (Å²) in [4.78, 5) is 4.77. The summed E-state index contributed by atoms with van der Waals surface area (Å²) in [5.41, 5.74) is -0.791. The van der Waals surface area contributed by atoms with Gasteiger partial charge in [-0.2, -0.15) is 13.2 Å². The average Bonchev–Trinajstić information content (AvgIpc) is 2.27. The Morgan fingerprint density at radius 2 is 2.17 bits per heavy atom. The van der Waals surface area contributed by atoms with Gasteiger partial charge in [0.05, 0.1) is 11.3 Å². The second kappa shape index (κ2) is 5.91. The quantitative estimate of drug-likeness (QED) is 0.348. The van der Waals surface area contributed by atoms with Crippen molar-refractivity contribution in [2.24, 2.45) is 5.16 Å². The third kappa shape index (κ3) is 3.77. The molecular weight excluding hydrogens is 267 g/mol. The summed E-state index contributed by atoms with van der Waals surface area (Å²) in [6, 6.07) is 3.32. The van der Waals surface area contributed by atoms with Gasteiger partial charge in [-0.1, -0.05) is 29.4 Å². The minimum atomic E-state index is -4.46. The molecule has 0 aliphatic carbocycles. The van der Waals surface area contributed by atoms with Gasteiger partial charge in [0.25, 0.3) is 0 Å². The number of hydrogen-bond donors (Lipinski definition) is 0. The molecule has 0 aliphatic rings. The Bertz CT molecular complexity index is 469. The van der Waals surface area contributed by atoms with E-state index in [0.717, 1.165) is 6.07 Å². The normalized spacial score (nSPS) is 12.4. The van der Waals surface area contributed by atoms with Crippen molar-refractivity contribution in [2.75, 3.05) is 6.61 Å². The second-order valence-electron chi connectivity index (χ2n) is 3.45. The molecule has 1 rings (SSSR count). The van der Waals surface area contributed by atoms with E-state index in [1.54, 1.807) is 0 Å². The van der Waals surface area contributed by atoms with E-state index in [1.165, 1.54) is 25.1 Å². The summed E-state index contributed by atoms with van der Waals surface area (Å²) in [5.74, 6) is 0. The van der Waals surface area contributed by atoms with E-state index < -0.39 is 11.7 Å². The molecule has 0 saturated carbocycles. The molecule has 0 aromatic heterocycles. The first-order chi connectivity index (χ1) is 8.36. The molecule has 2 nitrogen and oxygen atoms in total. The Hall–Kier alpha value is -1.49. The molecule has 0 spiro atoms. The molecule has 6 heteroatoms. The lowest BCUT2D eigenvalue weighted by molar-refractivity contribution is -0.137. The highest BCUT2D eigenvalue weighted by atomic mass is 35.5. The largest absolute Gasteiger partial charge is 0.417 e. The first kappa shape index (κ1) is 14.6. The predicted molar refractivity (Wildman–Crippen MR) is 64.8 cm³/mol. The van der Waals surface area contributed by atoms with Gasteiger partial charge in [0.15, 0.2) is 0 Å². The van der Waals surface area contributed by atoms with E-state index in [0.29, 0.717) is 0 Å². The van der Waals surface area contributed by atoms with E-state index >= 15 is 0 Å². The molecule has 98 valence electrons. The molecule has 0 saturated heterocycles. The molecule has 0 radical (unpaired) electrons. The molecule has 1 aromatic rings. The van der Waals surface area contributed by atoms with Crippen molar-refractivity contribution in [1.82, 2.24) is 0 Å². The average molecular weight is 278 g/mol. The van der Waals surface area contributed by atoms with Crippen LogP contribution < -0.4 is 0 Å². The summed E-state index contributed by atoms with van der Waals surface area (Å²) in [7, 11) is 0. The lowest BCUT2D eigenvalue weighted by Gasteiger charge is -2.12. The van der Waals surface area contributed by atoms with E-state index in [-0.39, 0.29) is 22.9 Å². The van der Waals surface area contributed by atoms with Crippen molar-refractivity contribution in [1.29, 1.82) is 0 Å². The zero-order valence-electron chi connectivity index (χ0n) is 9.59. The van der Waals surface area contributed by atoms with Gasteiger partial charge in [-0.25, -0.2) is 0 Å². The van der Waals surface area contributed by atoms with E-state index in [1.807, 2.05) is 0 Å². The van der Waals surface area contributed by atoms with Crippen LogP contribution in [0.1, 0.15) is 18.1 Å². The van der Waals surface area contributed by atoms with E-state index in [2.05, 4.69) is 11.7 Å². The summed E-state index contributed by atoms with van der Waals surface area (Å²) in [6.45, 7) is 4.95. The summed E-state index contributed by atoms with van der Waals surface area (Å²) in [5, 5.41) is 3.79. The Morgan fingerprint density at radius 1 is 1.50 bits per heavy atom. The minimum Gasteiger partial charge on any atom is -0.391 e. The molecular formula is C12H11ClF3NO. The number of alkyl halides is 3. The standard InChI is InChI=1S/C12H11ClF3NO/c1-3-6-18-17-8(2)10-7-9(13)4-5-11(10)12(14,15)16/h3-5,7H,1,6H2,2H3. The van der Waals surface area contributed by atoms with Crippen LogP contribution in [0.2, 0.25) is 5.02 Å². The first-order valence-electron chi connectivity index (χ1n) is 5.01. The number of halogens is 4. The molecule has 0 unspecified atom stereocenters. The van der Waals surface area contributed by atoms with Crippen molar-refractivity contribution in [3.05, 3.63) is 47.0 Å². The van der Waals surface area contributed by atoms with Crippen LogP contribution in [0.3, 0.4) is 0 Å². The fourth-order valence-corrected chi connectivity index (χ4v) is 1.47. The number of nitrogens with zero attached hydrogens (tertiary/aromatic N) is 1. The predicted octanol–water partition coefficient (Wildman–Crippen LogP) is 4.29. The Morgan fingerprint density at radius 3 is 2.72 bits per heavy atom. The molecule has 0 N–H and O–H groups in total. The van der Waals surface area contributed by atoms with Crippen LogP contribution in [0.5, 0.6) is 0 Å². The molecule has 0 fully saturated rings. The zero-order chi connectivity index (χ0) is 13.8. The number of rotatable bonds is 4. The van der Waals surface area contributed by atoms with Gasteiger partial charge in [-0.05, 0) is 25.1 Å². The molecule has 0 aliphatic heterocycles. The van der Waals surface area contributed by atoms with Crippen molar-refractivity contribution < 1.29 is 18.0 Å². The molecule has 1 aromatic carbocycles. The number of hydrogen-bond acceptors (Lipinski definition) is 2.